The first-order valence-corrected chi connectivity index (χ1v) is 10.4. The number of hydrogen-bond donors (Lipinski definition) is 1. The Labute approximate surface area is 163 Å². The molecule has 0 aromatic carbocycles. The van der Waals surface area contributed by atoms with Gasteiger partial charge in [-0.05, 0) is 38.8 Å². The maximum atomic E-state index is 12.9. The smallest absolute Gasteiger partial charge is 0.274 e. The molecular formula is C20H25N5OS. The van der Waals surface area contributed by atoms with E-state index >= 15 is 0 Å². The molecule has 0 radical (unpaired) electrons. The number of aromatic nitrogens is 3. The molecular weight excluding hydrogens is 358 g/mol. The van der Waals surface area contributed by atoms with Crippen molar-refractivity contribution in [2.75, 3.05) is 13.1 Å². The predicted octanol–water partition coefficient (Wildman–Crippen LogP) is 3.06. The van der Waals surface area contributed by atoms with Crippen molar-refractivity contribution >= 4 is 22.2 Å². The molecule has 0 spiro atoms. The van der Waals surface area contributed by atoms with Gasteiger partial charge in [0.1, 0.15) is 0 Å². The molecule has 1 unspecified atom stereocenters. The van der Waals surface area contributed by atoms with Crippen LogP contribution in [0.15, 0.2) is 29.8 Å². The van der Waals surface area contributed by atoms with E-state index in [9.17, 15) is 4.79 Å². The lowest BCUT2D eigenvalue weighted by Gasteiger charge is -2.17. The molecule has 7 heteroatoms. The molecule has 4 heterocycles. The van der Waals surface area contributed by atoms with Gasteiger partial charge in [-0.25, -0.2) is 4.98 Å². The lowest BCUT2D eigenvalue weighted by molar-refractivity contribution is 0.0786. The number of carbonyl (C=O) groups is 1. The number of nitrogens with one attached hydrogen (secondary N) is 1. The molecule has 0 aliphatic carbocycles. The lowest BCUT2D eigenvalue weighted by Crippen LogP contribution is -2.32. The number of imidazole rings is 1. The average molecular weight is 384 g/mol. The third-order valence-electron chi connectivity index (χ3n) is 5.04. The third-order valence-corrected chi connectivity index (χ3v) is 5.79. The molecule has 4 rings (SSSR count). The van der Waals surface area contributed by atoms with E-state index in [0.717, 1.165) is 54.4 Å². The van der Waals surface area contributed by atoms with Crippen molar-refractivity contribution in [2.45, 2.75) is 45.7 Å². The van der Waals surface area contributed by atoms with Gasteiger partial charge >= 0.3 is 0 Å². The second-order valence-corrected chi connectivity index (χ2v) is 8.09. The minimum atomic E-state index is 0.0632. The largest absolute Gasteiger partial charge is 0.337 e. The average Bonchev–Trinajstić information content (AvgIpc) is 3.37. The van der Waals surface area contributed by atoms with Crippen molar-refractivity contribution in [1.82, 2.24) is 24.6 Å². The van der Waals surface area contributed by atoms with Crippen molar-refractivity contribution in [3.63, 3.8) is 0 Å². The maximum Gasteiger partial charge on any atom is 0.274 e. The van der Waals surface area contributed by atoms with Gasteiger partial charge in [0.25, 0.3) is 5.91 Å². The molecule has 1 atom stereocenters. The zero-order valence-corrected chi connectivity index (χ0v) is 16.6. The zero-order valence-electron chi connectivity index (χ0n) is 15.8. The molecule has 1 aliphatic heterocycles. The molecule has 1 saturated heterocycles. The second kappa shape index (κ2) is 7.78. The number of likely N-dealkylation sites (tertiary alicyclic amines) is 1. The van der Waals surface area contributed by atoms with Gasteiger partial charge in [0, 0.05) is 55.1 Å². The minimum absolute atomic E-state index is 0.0632. The molecule has 1 amide bonds. The predicted molar refractivity (Wildman–Crippen MR) is 107 cm³/mol. The summed E-state index contributed by atoms with van der Waals surface area (Å²) in [6.07, 6.45) is 5.02. The van der Waals surface area contributed by atoms with Crippen LogP contribution < -0.4 is 5.32 Å². The Balaban J connectivity index is 1.49. The van der Waals surface area contributed by atoms with Crippen LogP contribution in [0, 0.1) is 6.92 Å². The summed E-state index contributed by atoms with van der Waals surface area (Å²) in [6.45, 7) is 6.45. The Kier molecular flexibility index (Phi) is 5.22. The summed E-state index contributed by atoms with van der Waals surface area (Å²) in [5.41, 5.74) is 3.66. The number of rotatable bonds is 6. The van der Waals surface area contributed by atoms with E-state index < -0.39 is 0 Å². The highest BCUT2D eigenvalue weighted by atomic mass is 32.1. The van der Waals surface area contributed by atoms with Crippen molar-refractivity contribution in [2.24, 2.45) is 0 Å². The summed E-state index contributed by atoms with van der Waals surface area (Å²) in [6, 6.07) is 6.36. The molecule has 3 aromatic heterocycles. The summed E-state index contributed by atoms with van der Waals surface area (Å²) in [5, 5.41) is 5.56. The zero-order chi connectivity index (χ0) is 18.8. The Hall–Kier alpha value is -2.25. The minimum Gasteiger partial charge on any atom is -0.337 e. The summed E-state index contributed by atoms with van der Waals surface area (Å²) in [7, 11) is 0. The number of hydrogen-bond acceptors (Lipinski definition) is 5. The quantitative estimate of drug-likeness (QED) is 0.711. The molecule has 1 fully saturated rings. The highest BCUT2D eigenvalue weighted by Crippen LogP contribution is 2.21. The number of fused-ring (bicyclic) bond motifs is 1. The number of thiazole rings is 1. The SMILES string of the molecule is Cc1cccc(CC(C)NCc2c(C(=O)N3CCCC3)nc3sccn23)n1. The Morgan fingerprint density at radius 2 is 2.11 bits per heavy atom. The first-order valence-electron chi connectivity index (χ1n) is 9.51. The number of carbonyl (C=O) groups excluding carboxylic acids is 1. The Bertz CT molecular complexity index is 941. The standard InChI is InChI=1S/C20H25N5OS/c1-14-6-5-7-16(22-14)12-15(2)21-13-17-18(19(26)24-8-3-4-9-24)23-20-25(17)10-11-27-20/h5-7,10-11,15,21H,3-4,8-9,12-13H2,1-2H3. The Morgan fingerprint density at radius 3 is 2.89 bits per heavy atom. The monoisotopic (exact) mass is 383 g/mol. The van der Waals surface area contributed by atoms with Gasteiger partial charge in [-0.15, -0.1) is 11.3 Å². The Morgan fingerprint density at radius 1 is 1.30 bits per heavy atom. The van der Waals surface area contributed by atoms with Crippen LogP contribution in [0.3, 0.4) is 0 Å². The van der Waals surface area contributed by atoms with E-state index in [4.69, 9.17) is 0 Å². The fourth-order valence-corrected chi connectivity index (χ4v) is 4.35. The van der Waals surface area contributed by atoms with Gasteiger partial charge in [0.05, 0.1) is 5.69 Å². The van der Waals surface area contributed by atoms with Crippen molar-refractivity contribution < 1.29 is 4.79 Å². The van der Waals surface area contributed by atoms with Gasteiger partial charge in [-0.2, -0.15) is 0 Å². The normalized spacial score (nSPS) is 15.6. The highest BCUT2D eigenvalue weighted by Gasteiger charge is 2.26. The van der Waals surface area contributed by atoms with E-state index in [-0.39, 0.29) is 11.9 Å². The highest BCUT2D eigenvalue weighted by molar-refractivity contribution is 7.15. The summed E-state index contributed by atoms with van der Waals surface area (Å²) in [4.78, 5) is 24.9. The van der Waals surface area contributed by atoms with Crippen LogP contribution in [0.2, 0.25) is 0 Å². The topological polar surface area (TPSA) is 62.5 Å². The van der Waals surface area contributed by atoms with E-state index in [2.05, 4.69) is 28.3 Å². The molecule has 0 saturated carbocycles. The third kappa shape index (κ3) is 3.89. The van der Waals surface area contributed by atoms with Gasteiger partial charge in [-0.1, -0.05) is 6.07 Å². The van der Waals surface area contributed by atoms with Gasteiger partial charge < -0.3 is 10.2 Å². The fraction of sp³-hybridized carbons (Fsp3) is 0.450. The first kappa shape index (κ1) is 18.1. The van der Waals surface area contributed by atoms with Crippen LogP contribution in [-0.2, 0) is 13.0 Å². The first-order chi connectivity index (χ1) is 13.1. The number of aryl methyl sites for hydroxylation is 1. The lowest BCUT2D eigenvalue weighted by atomic mass is 10.1. The van der Waals surface area contributed by atoms with Crippen LogP contribution in [0.5, 0.6) is 0 Å². The van der Waals surface area contributed by atoms with Gasteiger partial charge in [0.15, 0.2) is 10.7 Å². The molecule has 6 nitrogen and oxygen atoms in total. The van der Waals surface area contributed by atoms with Crippen LogP contribution in [0.4, 0.5) is 0 Å². The van der Waals surface area contributed by atoms with Crippen LogP contribution in [0.1, 0.15) is 47.3 Å². The van der Waals surface area contributed by atoms with Crippen LogP contribution >= 0.6 is 11.3 Å². The molecule has 3 aromatic rings. The molecule has 142 valence electrons. The molecule has 27 heavy (non-hydrogen) atoms. The number of pyridine rings is 1. The summed E-state index contributed by atoms with van der Waals surface area (Å²) in [5.74, 6) is 0.0632. The van der Waals surface area contributed by atoms with E-state index in [1.807, 2.05) is 39.9 Å². The van der Waals surface area contributed by atoms with E-state index in [1.165, 1.54) is 0 Å². The van der Waals surface area contributed by atoms with Crippen molar-refractivity contribution in [3.05, 3.63) is 52.6 Å². The number of amides is 1. The molecule has 1 N–H and O–H groups in total. The van der Waals surface area contributed by atoms with Gasteiger partial charge in [0.2, 0.25) is 0 Å². The van der Waals surface area contributed by atoms with E-state index in [0.29, 0.717) is 12.2 Å². The molecule has 1 aliphatic rings. The number of nitrogens with zero attached hydrogens (tertiary/aromatic N) is 4. The van der Waals surface area contributed by atoms with Crippen molar-refractivity contribution in [3.8, 4) is 0 Å². The summed E-state index contributed by atoms with van der Waals surface area (Å²) < 4.78 is 2.04. The van der Waals surface area contributed by atoms with Gasteiger partial charge in [-0.3, -0.25) is 14.2 Å². The second-order valence-electron chi connectivity index (χ2n) is 7.22. The van der Waals surface area contributed by atoms with E-state index in [1.54, 1.807) is 11.3 Å². The maximum absolute atomic E-state index is 12.9. The van der Waals surface area contributed by atoms with Crippen LogP contribution in [0.25, 0.3) is 4.96 Å². The molecule has 0 bridgehead atoms. The van der Waals surface area contributed by atoms with Crippen LogP contribution in [-0.4, -0.2) is 44.3 Å². The summed E-state index contributed by atoms with van der Waals surface area (Å²) >= 11 is 1.56. The fourth-order valence-electron chi connectivity index (χ4n) is 3.61. The van der Waals surface area contributed by atoms with Crippen molar-refractivity contribution in [1.29, 1.82) is 0 Å².